The van der Waals surface area contributed by atoms with Gasteiger partial charge in [-0.1, -0.05) is 16.8 Å². The average molecular weight is 373 g/mol. The van der Waals surface area contributed by atoms with Gasteiger partial charge in [-0.3, -0.25) is 0 Å². The summed E-state index contributed by atoms with van der Waals surface area (Å²) in [6, 6.07) is 9.56. The Labute approximate surface area is 134 Å². The quantitative estimate of drug-likeness (QED) is 0.329. The summed E-state index contributed by atoms with van der Waals surface area (Å²) in [6.45, 7) is 0.379. The van der Waals surface area contributed by atoms with Gasteiger partial charge in [-0.25, -0.2) is 4.39 Å². The summed E-state index contributed by atoms with van der Waals surface area (Å²) in [7, 11) is 0. The number of hydrogen-bond acceptors (Lipinski definition) is 3. The molecule has 0 aliphatic rings. The molecule has 2 aromatic rings. The first-order chi connectivity index (χ1) is 9.99. The highest BCUT2D eigenvalue weighted by Crippen LogP contribution is 2.26. The van der Waals surface area contributed by atoms with Crippen molar-refractivity contribution in [2.24, 2.45) is 10.9 Å². The van der Waals surface area contributed by atoms with Crippen LogP contribution in [0, 0.1) is 5.82 Å². The minimum absolute atomic E-state index is 0.136. The SMILES string of the molecule is N/C(=N/O)c1cc(F)cc(CNc2ccc(Cl)cc2Br)c1. The summed E-state index contributed by atoms with van der Waals surface area (Å²) >= 11 is 9.26. The fourth-order valence-electron chi connectivity index (χ4n) is 1.79. The topological polar surface area (TPSA) is 70.6 Å². The van der Waals surface area contributed by atoms with Crippen molar-refractivity contribution in [3.63, 3.8) is 0 Å². The molecule has 0 bridgehead atoms. The first-order valence-electron chi connectivity index (χ1n) is 5.96. The summed E-state index contributed by atoms with van der Waals surface area (Å²) in [5, 5.41) is 15.3. The van der Waals surface area contributed by atoms with Gasteiger partial charge in [-0.05, 0) is 57.9 Å². The van der Waals surface area contributed by atoms with E-state index in [4.69, 9.17) is 22.5 Å². The van der Waals surface area contributed by atoms with Gasteiger partial charge in [-0.2, -0.15) is 0 Å². The standard InChI is InChI=1S/C14H12BrClFN3O/c15-12-6-10(16)1-2-13(12)19-7-8-3-9(14(18)20-21)5-11(17)4-8/h1-6,19,21H,7H2,(H2,18,20). The van der Waals surface area contributed by atoms with Crippen molar-refractivity contribution in [2.45, 2.75) is 6.54 Å². The lowest BCUT2D eigenvalue weighted by atomic mass is 10.1. The Morgan fingerprint density at radius 3 is 2.76 bits per heavy atom. The molecule has 0 saturated heterocycles. The summed E-state index contributed by atoms with van der Waals surface area (Å²) in [4.78, 5) is 0. The van der Waals surface area contributed by atoms with Gasteiger partial charge in [0.25, 0.3) is 0 Å². The van der Waals surface area contributed by atoms with Crippen molar-refractivity contribution in [1.29, 1.82) is 0 Å². The molecule has 0 amide bonds. The largest absolute Gasteiger partial charge is 0.409 e. The second kappa shape index (κ2) is 6.78. The van der Waals surface area contributed by atoms with E-state index >= 15 is 0 Å². The van der Waals surface area contributed by atoms with E-state index in [1.54, 1.807) is 18.2 Å². The van der Waals surface area contributed by atoms with Gasteiger partial charge in [-0.15, -0.1) is 0 Å². The van der Waals surface area contributed by atoms with Crippen LogP contribution in [-0.2, 0) is 6.54 Å². The monoisotopic (exact) mass is 371 g/mol. The molecule has 0 saturated carbocycles. The number of halogens is 3. The van der Waals surface area contributed by atoms with Gasteiger partial charge >= 0.3 is 0 Å². The third-order valence-corrected chi connectivity index (χ3v) is 3.67. The van der Waals surface area contributed by atoms with Crippen molar-refractivity contribution < 1.29 is 9.60 Å². The molecule has 2 rings (SSSR count). The Bertz CT molecular complexity index is 694. The maximum absolute atomic E-state index is 13.5. The van der Waals surface area contributed by atoms with E-state index in [1.165, 1.54) is 12.1 Å². The van der Waals surface area contributed by atoms with Crippen LogP contribution in [-0.4, -0.2) is 11.0 Å². The lowest BCUT2D eigenvalue weighted by Gasteiger charge is -2.10. The van der Waals surface area contributed by atoms with Crippen molar-refractivity contribution in [3.05, 3.63) is 62.8 Å². The Hall–Kier alpha value is -1.79. The number of nitrogens with one attached hydrogen (secondary N) is 1. The number of rotatable bonds is 4. The molecule has 0 aromatic heterocycles. The first-order valence-corrected chi connectivity index (χ1v) is 7.13. The van der Waals surface area contributed by atoms with E-state index in [9.17, 15) is 4.39 Å². The third kappa shape index (κ3) is 4.09. The smallest absolute Gasteiger partial charge is 0.170 e. The van der Waals surface area contributed by atoms with Crippen molar-refractivity contribution in [2.75, 3.05) is 5.32 Å². The van der Waals surface area contributed by atoms with Crippen LogP contribution in [0.2, 0.25) is 5.02 Å². The van der Waals surface area contributed by atoms with Gasteiger partial charge in [0.1, 0.15) is 5.82 Å². The van der Waals surface area contributed by atoms with Gasteiger partial charge in [0.05, 0.1) is 0 Å². The Balaban J connectivity index is 2.18. The Kier molecular flexibility index (Phi) is 5.03. The zero-order chi connectivity index (χ0) is 15.4. The lowest BCUT2D eigenvalue weighted by molar-refractivity contribution is 0.318. The molecule has 0 atom stereocenters. The zero-order valence-electron chi connectivity index (χ0n) is 10.8. The van der Waals surface area contributed by atoms with Gasteiger partial charge in [0.15, 0.2) is 5.84 Å². The number of oxime groups is 1. The fraction of sp³-hybridized carbons (Fsp3) is 0.0714. The van der Waals surface area contributed by atoms with Crippen molar-refractivity contribution in [1.82, 2.24) is 0 Å². The molecular weight excluding hydrogens is 361 g/mol. The number of amidine groups is 1. The molecule has 0 aliphatic carbocycles. The fourth-order valence-corrected chi connectivity index (χ4v) is 2.61. The molecule has 4 nitrogen and oxygen atoms in total. The number of anilines is 1. The molecule has 0 radical (unpaired) electrons. The second-order valence-corrected chi connectivity index (χ2v) is 5.60. The van der Waals surface area contributed by atoms with Crippen LogP contribution in [0.1, 0.15) is 11.1 Å². The van der Waals surface area contributed by atoms with E-state index in [2.05, 4.69) is 26.4 Å². The van der Waals surface area contributed by atoms with E-state index < -0.39 is 5.82 Å². The molecule has 21 heavy (non-hydrogen) atoms. The number of benzene rings is 2. The summed E-state index contributed by atoms with van der Waals surface area (Å²) < 4.78 is 14.3. The van der Waals surface area contributed by atoms with Crippen LogP contribution in [0.4, 0.5) is 10.1 Å². The van der Waals surface area contributed by atoms with Crippen LogP contribution < -0.4 is 11.1 Å². The maximum atomic E-state index is 13.5. The zero-order valence-corrected chi connectivity index (χ0v) is 13.1. The van der Waals surface area contributed by atoms with Crippen LogP contribution in [0.3, 0.4) is 0 Å². The number of nitrogens with two attached hydrogens (primary N) is 1. The summed E-state index contributed by atoms with van der Waals surface area (Å²) in [5.74, 6) is -0.588. The molecule has 0 aliphatic heterocycles. The van der Waals surface area contributed by atoms with Crippen LogP contribution >= 0.6 is 27.5 Å². The molecular formula is C14H12BrClFN3O. The minimum atomic E-state index is -0.453. The summed E-state index contributed by atoms with van der Waals surface area (Å²) in [5.41, 5.74) is 7.29. The highest BCUT2D eigenvalue weighted by molar-refractivity contribution is 9.10. The first kappa shape index (κ1) is 15.6. The molecule has 0 fully saturated rings. The van der Waals surface area contributed by atoms with E-state index in [-0.39, 0.29) is 5.84 Å². The molecule has 0 unspecified atom stereocenters. The van der Waals surface area contributed by atoms with Gasteiger partial charge < -0.3 is 16.3 Å². The lowest BCUT2D eigenvalue weighted by Crippen LogP contribution is -2.14. The van der Waals surface area contributed by atoms with Crippen molar-refractivity contribution >= 4 is 39.1 Å². The third-order valence-electron chi connectivity index (χ3n) is 2.78. The predicted molar refractivity (Wildman–Crippen MR) is 85.4 cm³/mol. The molecule has 110 valence electrons. The number of nitrogens with zero attached hydrogens (tertiary/aromatic N) is 1. The van der Waals surface area contributed by atoms with E-state index in [0.29, 0.717) is 22.7 Å². The van der Waals surface area contributed by atoms with E-state index in [1.807, 2.05) is 6.07 Å². The van der Waals surface area contributed by atoms with Gasteiger partial charge in [0.2, 0.25) is 0 Å². The minimum Gasteiger partial charge on any atom is -0.409 e. The van der Waals surface area contributed by atoms with Crippen LogP contribution in [0.25, 0.3) is 0 Å². The Morgan fingerprint density at radius 2 is 2.10 bits per heavy atom. The Morgan fingerprint density at radius 1 is 1.33 bits per heavy atom. The highest BCUT2D eigenvalue weighted by Gasteiger charge is 2.06. The molecule has 7 heteroatoms. The number of hydrogen-bond donors (Lipinski definition) is 3. The molecule has 4 N–H and O–H groups in total. The highest BCUT2D eigenvalue weighted by atomic mass is 79.9. The van der Waals surface area contributed by atoms with Crippen LogP contribution in [0.15, 0.2) is 46.0 Å². The average Bonchev–Trinajstić information content (AvgIpc) is 2.45. The molecule has 0 heterocycles. The van der Waals surface area contributed by atoms with Crippen molar-refractivity contribution in [3.8, 4) is 0 Å². The van der Waals surface area contributed by atoms with Gasteiger partial charge in [0, 0.05) is 27.3 Å². The van der Waals surface area contributed by atoms with Crippen LogP contribution in [0.5, 0.6) is 0 Å². The van der Waals surface area contributed by atoms with E-state index in [0.717, 1.165) is 10.2 Å². The normalized spacial score (nSPS) is 11.5. The predicted octanol–water partition coefficient (Wildman–Crippen LogP) is 3.95. The molecule has 2 aromatic carbocycles. The second-order valence-electron chi connectivity index (χ2n) is 4.31. The molecule has 0 spiro atoms. The summed E-state index contributed by atoms with van der Waals surface area (Å²) in [6.07, 6.45) is 0. The maximum Gasteiger partial charge on any atom is 0.170 e.